The minimum Gasteiger partial charge on any atom is -0.399 e. The third-order valence-corrected chi connectivity index (χ3v) is 4.91. The first-order valence-corrected chi connectivity index (χ1v) is 8.45. The highest BCUT2D eigenvalue weighted by atomic mass is 32.2. The van der Waals surface area contributed by atoms with Crippen molar-refractivity contribution in [3.05, 3.63) is 29.8 Å². The van der Waals surface area contributed by atoms with Crippen LogP contribution in [0.25, 0.3) is 0 Å². The molecule has 0 amide bonds. The van der Waals surface area contributed by atoms with Gasteiger partial charge in [-0.1, -0.05) is 19.1 Å². The maximum absolute atomic E-state index is 11.6. The summed E-state index contributed by atoms with van der Waals surface area (Å²) in [5.41, 5.74) is 7.55. The highest BCUT2D eigenvalue weighted by Crippen LogP contribution is 2.11. The van der Waals surface area contributed by atoms with Gasteiger partial charge in [0.15, 0.2) is 9.84 Å². The second kappa shape index (κ2) is 6.91. The van der Waals surface area contributed by atoms with E-state index in [-0.39, 0.29) is 11.5 Å². The van der Waals surface area contributed by atoms with E-state index in [0.717, 1.165) is 17.8 Å². The molecule has 19 heavy (non-hydrogen) atoms. The number of nitrogen functional groups attached to an aromatic ring is 1. The Labute approximate surface area is 116 Å². The first-order valence-electron chi connectivity index (χ1n) is 6.63. The summed E-state index contributed by atoms with van der Waals surface area (Å²) >= 11 is 0. The number of rotatable bonds is 7. The zero-order valence-corrected chi connectivity index (χ0v) is 12.8. The lowest BCUT2D eigenvalue weighted by molar-refractivity contribution is 0.226. The van der Waals surface area contributed by atoms with Crippen molar-refractivity contribution >= 4 is 15.5 Å². The molecule has 0 aromatic heterocycles. The minimum atomic E-state index is -2.91. The maximum Gasteiger partial charge on any atom is 0.151 e. The molecular weight excluding hydrogens is 260 g/mol. The lowest BCUT2D eigenvalue weighted by Crippen LogP contribution is -2.35. The Bertz CT molecular complexity index is 481. The van der Waals surface area contributed by atoms with E-state index in [0.29, 0.717) is 12.6 Å². The fourth-order valence-corrected chi connectivity index (χ4v) is 2.58. The number of nitrogens with zero attached hydrogens (tertiary/aromatic N) is 1. The van der Waals surface area contributed by atoms with E-state index < -0.39 is 9.84 Å². The average molecular weight is 284 g/mol. The van der Waals surface area contributed by atoms with Gasteiger partial charge in [0.1, 0.15) is 0 Å². The van der Waals surface area contributed by atoms with Gasteiger partial charge in [0, 0.05) is 30.6 Å². The van der Waals surface area contributed by atoms with Crippen molar-refractivity contribution in [1.82, 2.24) is 4.90 Å². The molecule has 0 spiro atoms. The molecule has 0 saturated carbocycles. The third-order valence-electron chi connectivity index (χ3n) is 3.23. The van der Waals surface area contributed by atoms with Crippen LogP contribution < -0.4 is 5.73 Å². The van der Waals surface area contributed by atoms with Crippen LogP contribution in [0.2, 0.25) is 0 Å². The molecule has 0 unspecified atom stereocenters. The van der Waals surface area contributed by atoms with E-state index in [2.05, 4.69) is 18.7 Å². The molecule has 0 heterocycles. The molecule has 0 saturated heterocycles. The van der Waals surface area contributed by atoms with Crippen molar-refractivity contribution in [1.29, 1.82) is 0 Å². The second-order valence-electron chi connectivity index (χ2n) is 5.04. The van der Waals surface area contributed by atoms with Crippen molar-refractivity contribution in [2.75, 3.05) is 23.8 Å². The molecule has 108 valence electrons. The molecule has 1 rings (SSSR count). The molecule has 1 aromatic carbocycles. The first-order chi connectivity index (χ1) is 8.84. The van der Waals surface area contributed by atoms with Crippen LogP contribution in [0.4, 0.5) is 5.69 Å². The fraction of sp³-hybridized carbons (Fsp3) is 0.571. The van der Waals surface area contributed by atoms with Crippen LogP contribution in [0, 0.1) is 0 Å². The van der Waals surface area contributed by atoms with Gasteiger partial charge < -0.3 is 5.73 Å². The van der Waals surface area contributed by atoms with Crippen molar-refractivity contribution in [3.8, 4) is 0 Å². The lowest BCUT2D eigenvalue weighted by atomic mass is 10.2. The lowest BCUT2D eigenvalue weighted by Gasteiger charge is -2.26. The Hall–Kier alpha value is -1.07. The van der Waals surface area contributed by atoms with Crippen LogP contribution in [0.15, 0.2) is 24.3 Å². The normalized spacial score (nSPS) is 12.3. The molecule has 0 radical (unpaired) electrons. The van der Waals surface area contributed by atoms with Gasteiger partial charge in [0.25, 0.3) is 0 Å². The number of nitrogens with two attached hydrogens (primary N) is 1. The van der Waals surface area contributed by atoms with E-state index in [9.17, 15) is 8.42 Å². The van der Waals surface area contributed by atoms with Crippen LogP contribution in [0.1, 0.15) is 26.3 Å². The molecule has 1 aromatic rings. The summed E-state index contributed by atoms with van der Waals surface area (Å²) in [5, 5.41) is 0. The predicted molar refractivity (Wildman–Crippen MR) is 80.7 cm³/mol. The maximum atomic E-state index is 11.6. The van der Waals surface area contributed by atoms with Crippen molar-refractivity contribution < 1.29 is 8.42 Å². The fourth-order valence-electron chi connectivity index (χ4n) is 1.78. The summed E-state index contributed by atoms with van der Waals surface area (Å²) in [7, 11) is -2.91. The molecule has 0 atom stereocenters. The molecule has 4 nitrogen and oxygen atoms in total. The molecule has 0 aliphatic heterocycles. The summed E-state index contributed by atoms with van der Waals surface area (Å²) < 4.78 is 23.2. The standard InChI is InChI=1S/C14H24N2O2S/c1-4-19(17,18)10-9-16(12(2)3)11-13-5-7-14(15)8-6-13/h5-8,12H,4,9-11,15H2,1-3H3. The highest BCUT2D eigenvalue weighted by Gasteiger charge is 2.14. The summed E-state index contributed by atoms with van der Waals surface area (Å²) in [4.78, 5) is 2.17. The summed E-state index contributed by atoms with van der Waals surface area (Å²) in [5.74, 6) is 0.428. The van der Waals surface area contributed by atoms with Gasteiger partial charge in [-0.2, -0.15) is 0 Å². The third kappa shape index (κ3) is 5.61. The van der Waals surface area contributed by atoms with E-state index in [1.54, 1.807) is 6.92 Å². The molecule has 0 bridgehead atoms. The van der Waals surface area contributed by atoms with Crippen LogP contribution >= 0.6 is 0 Å². The van der Waals surface area contributed by atoms with Gasteiger partial charge in [0.05, 0.1) is 5.75 Å². The SMILES string of the molecule is CCS(=O)(=O)CCN(Cc1ccc(N)cc1)C(C)C. The number of sulfone groups is 1. The van der Waals surface area contributed by atoms with Gasteiger partial charge in [-0.05, 0) is 31.5 Å². The van der Waals surface area contributed by atoms with E-state index in [4.69, 9.17) is 5.73 Å². The van der Waals surface area contributed by atoms with Crippen molar-refractivity contribution in [2.24, 2.45) is 0 Å². The first kappa shape index (κ1) is 16.0. The van der Waals surface area contributed by atoms with Crippen LogP contribution in [0.3, 0.4) is 0 Å². The largest absolute Gasteiger partial charge is 0.399 e. The monoisotopic (exact) mass is 284 g/mol. The second-order valence-corrected chi connectivity index (χ2v) is 7.51. The van der Waals surface area contributed by atoms with Crippen molar-refractivity contribution in [2.45, 2.75) is 33.4 Å². The Morgan fingerprint density at radius 1 is 1.21 bits per heavy atom. The number of anilines is 1. The molecule has 0 aliphatic rings. The van der Waals surface area contributed by atoms with Gasteiger partial charge >= 0.3 is 0 Å². The van der Waals surface area contributed by atoms with E-state index in [1.807, 2.05) is 24.3 Å². The minimum absolute atomic E-state index is 0.209. The average Bonchev–Trinajstić information content (AvgIpc) is 2.36. The number of hydrogen-bond acceptors (Lipinski definition) is 4. The smallest absolute Gasteiger partial charge is 0.151 e. The van der Waals surface area contributed by atoms with Crippen molar-refractivity contribution in [3.63, 3.8) is 0 Å². The summed E-state index contributed by atoms with van der Waals surface area (Å²) in [6.07, 6.45) is 0. The van der Waals surface area contributed by atoms with Crippen LogP contribution in [0.5, 0.6) is 0 Å². The summed E-state index contributed by atoms with van der Waals surface area (Å²) in [6, 6.07) is 8.02. The molecule has 0 aliphatic carbocycles. The highest BCUT2D eigenvalue weighted by molar-refractivity contribution is 7.91. The van der Waals surface area contributed by atoms with Gasteiger partial charge in [-0.15, -0.1) is 0 Å². The van der Waals surface area contributed by atoms with Crippen LogP contribution in [-0.2, 0) is 16.4 Å². The van der Waals surface area contributed by atoms with Gasteiger partial charge in [-0.25, -0.2) is 8.42 Å². The summed E-state index contributed by atoms with van der Waals surface area (Å²) in [6.45, 7) is 7.16. The quantitative estimate of drug-likeness (QED) is 0.777. The molecule has 0 fully saturated rings. The van der Waals surface area contributed by atoms with E-state index in [1.165, 1.54) is 0 Å². The Morgan fingerprint density at radius 3 is 2.26 bits per heavy atom. The molecule has 5 heteroatoms. The molecule has 2 N–H and O–H groups in total. The Morgan fingerprint density at radius 2 is 1.79 bits per heavy atom. The van der Waals surface area contributed by atoms with Gasteiger partial charge in [-0.3, -0.25) is 4.90 Å². The number of benzene rings is 1. The predicted octanol–water partition coefficient (Wildman–Crippen LogP) is 1.91. The van der Waals surface area contributed by atoms with E-state index >= 15 is 0 Å². The molecular formula is C14H24N2O2S. The topological polar surface area (TPSA) is 63.4 Å². The zero-order valence-electron chi connectivity index (χ0n) is 12.0. The Kier molecular flexibility index (Phi) is 5.82. The zero-order chi connectivity index (χ0) is 14.5. The van der Waals surface area contributed by atoms with Gasteiger partial charge in [0.2, 0.25) is 0 Å². The van der Waals surface area contributed by atoms with Crippen LogP contribution in [-0.4, -0.2) is 37.4 Å². The Balaban J connectivity index is 2.66. The number of hydrogen-bond donors (Lipinski definition) is 1.